The van der Waals surface area contributed by atoms with Crippen LogP contribution >= 0.6 is 11.3 Å². The summed E-state index contributed by atoms with van der Waals surface area (Å²) < 4.78 is 0. The standard InChI is InChI=1S/C30H41N5O4S/c1-19-6-8-20(9-7-19)28(37)35(24-18-23(16-17-30(2,3)4)40-27(24)29(38)39)22-12-10-21(11-13-22)33-34(5)25-14-15-26(36)32-31-25/h14-15,18-22,33H,6-13H2,1-5H3,(H,32,36)(H,38,39)/t19?,20?,21-,22-. The molecule has 2 aliphatic rings. The number of carboxylic acids is 1. The van der Waals surface area contributed by atoms with Crippen molar-refractivity contribution in [2.24, 2.45) is 17.3 Å². The van der Waals surface area contributed by atoms with Crippen molar-refractivity contribution >= 4 is 34.7 Å². The van der Waals surface area contributed by atoms with Gasteiger partial charge in [-0.15, -0.1) is 11.3 Å². The van der Waals surface area contributed by atoms with Crippen LogP contribution in [0.25, 0.3) is 0 Å². The van der Waals surface area contributed by atoms with Crippen molar-refractivity contribution in [3.05, 3.63) is 38.3 Å². The molecular formula is C30H41N5O4S. The van der Waals surface area contributed by atoms with Gasteiger partial charge in [0, 0.05) is 36.5 Å². The van der Waals surface area contributed by atoms with Crippen molar-refractivity contribution in [1.29, 1.82) is 0 Å². The molecule has 2 aromatic heterocycles. The molecule has 4 rings (SSSR count). The molecule has 0 aromatic carbocycles. The van der Waals surface area contributed by atoms with Gasteiger partial charge in [0.15, 0.2) is 5.82 Å². The second-order valence-corrected chi connectivity index (χ2v) is 13.3. The molecule has 0 saturated heterocycles. The van der Waals surface area contributed by atoms with Crippen molar-refractivity contribution in [3.63, 3.8) is 0 Å². The van der Waals surface area contributed by atoms with Gasteiger partial charge in [-0.1, -0.05) is 18.8 Å². The summed E-state index contributed by atoms with van der Waals surface area (Å²) in [5.74, 6) is 6.52. The Bertz CT molecular complexity index is 1300. The fourth-order valence-electron chi connectivity index (χ4n) is 5.55. The van der Waals surface area contributed by atoms with Gasteiger partial charge in [-0.05, 0) is 90.2 Å². The maximum absolute atomic E-state index is 14.1. The summed E-state index contributed by atoms with van der Waals surface area (Å²) >= 11 is 1.15. The Morgan fingerprint density at radius 3 is 2.35 bits per heavy atom. The van der Waals surface area contributed by atoms with Crippen LogP contribution in [0, 0.1) is 29.1 Å². The van der Waals surface area contributed by atoms with Gasteiger partial charge in [0.1, 0.15) is 4.88 Å². The van der Waals surface area contributed by atoms with Gasteiger partial charge in [-0.3, -0.25) is 14.6 Å². The maximum atomic E-state index is 14.1. The molecule has 2 aromatic rings. The van der Waals surface area contributed by atoms with Crippen LogP contribution in [0.3, 0.4) is 0 Å². The van der Waals surface area contributed by atoms with E-state index in [9.17, 15) is 19.5 Å². The fourth-order valence-corrected chi connectivity index (χ4v) is 6.39. The van der Waals surface area contributed by atoms with Gasteiger partial charge >= 0.3 is 5.97 Å². The van der Waals surface area contributed by atoms with Gasteiger partial charge in [0.2, 0.25) is 5.91 Å². The molecule has 2 fully saturated rings. The third-order valence-corrected chi connectivity index (χ3v) is 8.80. The first-order chi connectivity index (χ1) is 18.9. The zero-order chi connectivity index (χ0) is 29.0. The van der Waals surface area contributed by atoms with Crippen LogP contribution in [0.15, 0.2) is 23.0 Å². The Balaban J connectivity index is 1.57. The molecule has 0 bridgehead atoms. The van der Waals surface area contributed by atoms with E-state index in [0.29, 0.717) is 22.3 Å². The molecule has 0 radical (unpaired) electrons. The van der Waals surface area contributed by atoms with Gasteiger partial charge in [-0.2, -0.15) is 5.10 Å². The van der Waals surface area contributed by atoms with Crippen molar-refractivity contribution in [2.45, 2.75) is 91.1 Å². The minimum Gasteiger partial charge on any atom is -0.477 e. The smallest absolute Gasteiger partial charge is 0.348 e. The van der Waals surface area contributed by atoms with Crippen molar-refractivity contribution in [3.8, 4) is 11.8 Å². The van der Waals surface area contributed by atoms with E-state index in [0.717, 1.165) is 62.7 Å². The lowest BCUT2D eigenvalue weighted by Gasteiger charge is -2.40. The number of anilines is 2. The number of carbonyl (C=O) groups excluding carboxylic acids is 1. The fraction of sp³-hybridized carbons (Fsp3) is 0.600. The minimum atomic E-state index is -1.02. The van der Waals surface area contributed by atoms with Crippen LogP contribution in [0.4, 0.5) is 11.5 Å². The lowest BCUT2D eigenvalue weighted by atomic mass is 9.81. The van der Waals surface area contributed by atoms with Crippen LogP contribution in [0.5, 0.6) is 0 Å². The third kappa shape index (κ3) is 7.52. The van der Waals surface area contributed by atoms with E-state index in [1.165, 1.54) is 6.07 Å². The Labute approximate surface area is 240 Å². The van der Waals surface area contributed by atoms with Crippen LogP contribution in [0.1, 0.15) is 93.6 Å². The number of nitrogens with zero attached hydrogens (tertiary/aromatic N) is 3. The van der Waals surface area contributed by atoms with Crippen molar-refractivity contribution in [2.75, 3.05) is 17.0 Å². The highest BCUT2D eigenvalue weighted by molar-refractivity contribution is 7.15. The topological polar surface area (TPSA) is 119 Å². The quantitative estimate of drug-likeness (QED) is 0.317. The zero-order valence-corrected chi connectivity index (χ0v) is 24.9. The molecule has 2 aliphatic carbocycles. The molecule has 1 amide bonds. The van der Waals surface area contributed by atoms with Gasteiger partial charge in [0.05, 0.1) is 10.6 Å². The number of hydrogen-bond donors (Lipinski definition) is 3. The number of carboxylic acid groups (broad SMARTS) is 1. The Kier molecular flexibility index (Phi) is 9.37. The number of aromatic carboxylic acids is 1. The number of nitrogens with one attached hydrogen (secondary N) is 2. The number of H-pyrrole nitrogens is 1. The molecule has 0 atom stereocenters. The summed E-state index contributed by atoms with van der Waals surface area (Å²) in [5.41, 5.74) is 3.47. The highest BCUT2D eigenvalue weighted by atomic mass is 32.1. The lowest BCUT2D eigenvalue weighted by Crippen LogP contribution is -2.50. The number of aromatic amines is 1. The number of aromatic nitrogens is 2. The highest BCUT2D eigenvalue weighted by Gasteiger charge is 2.37. The summed E-state index contributed by atoms with van der Waals surface area (Å²) in [6, 6.07) is 4.99. The Morgan fingerprint density at radius 2 is 1.77 bits per heavy atom. The van der Waals surface area contributed by atoms with Gasteiger partial charge < -0.3 is 10.0 Å². The van der Waals surface area contributed by atoms with E-state index in [1.54, 1.807) is 11.1 Å². The van der Waals surface area contributed by atoms with Gasteiger partial charge in [-0.25, -0.2) is 15.3 Å². The second kappa shape index (κ2) is 12.6. The predicted molar refractivity (Wildman–Crippen MR) is 159 cm³/mol. The van der Waals surface area contributed by atoms with Crippen LogP contribution in [-0.2, 0) is 4.79 Å². The summed E-state index contributed by atoms with van der Waals surface area (Å²) in [6.45, 7) is 8.28. The molecule has 0 spiro atoms. The van der Waals surface area contributed by atoms with E-state index in [2.05, 4.69) is 34.4 Å². The molecule has 0 aliphatic heterocycles. The predicted octanol–water partition coefficient (Wildman–Crippen LogP) is 5.04. The first-order valence-electron chi connectivity index (χ1n) is 14.2. The third-order valence-electron chi connectivity index (χ3n) is 7.78. The summed E-state index contributed by atoms with van der Waals surface area (Å²) in [7, 11) is 1.86. The molecule has 2 heterocycles. The molecule has 3 N–H and O–H groups in total. The average Bonchev–Trinajstić information content (AvgIpc) is 3.33. The number of rotatable bonds is 7. The number of carbonyl (C=O) groups is 2. The second-order valence-electron chi connectivity index (χ2n) is 12.3. The van der Waals surface area contributed by atoms with Crippen molar-refractivity contribution in [1.82, 2.24) is 15.6 Å². The minimum absolute atomic E-state index is 0.0495. The van der Waals surface area contributed by atoms with Gasteiger partial charge in [0.25, 0.3) is 5.56 Å². The van der Waals surface area contributed by atoms with E-state index in [4.69, 9.17) is 0 Å². The highest BCUT2D eigenvalue weighted by Crippen LogP contribution is 2.39. The maximum Gasteiger partial charge on any atom is 0.348 e. The normalized spacial score (nSPS) is 23.1. The lowest BCUT2D eigenvalue weighted by molar-refractivity contribution is -0.124. The number of hydrogen-bond acceptors (Lipinski definition) is 7. The first kappa shape index (κ1) is 29.8. The molecule has 10 heteroatoms. The van der Waals surface area contributed by atoms with E-state index in [-0.39, 0.29) is 39.8 Å². The molecule has 2 saturated carbocycles. The molecular weight excluding hydrogens is 526 g/mol. The Morgan fingerprint density at radius 1 is 1.10 bits per heavy atom. The summed E-state index contributed by atoms with van der Waals surface area (Å²) in [5, 5.41) is 18.5. The number of hydrazine groups is 1. The van der Waals surface area contributed by atoms with E-state index < -0.39 is 5.97 Å². The summed E-state index contributed by atoms with van der Waals surface area (Å²) in [4.78, 5) is 40.5. The number of thiophene rings is 1. The summed E-state index contributed by atoms with van der Waals surface area (Å²) in [6.07, 6.45) is 6.84. The molecule has 40 heavy (non-hydrogen) atoms. The zero-order valence-electron chi connectivity index (χ0n) is 24.1. The monoisotopic (exact) mass is 567 g/mol. The van der Waals surface area contributed by atoms with E-state index in [1.807, 2.05) is 38.8 Å². The molecule has 9 nitrogen and oxygen atoms in total. The average molecular weight is 568 g/mol. The molecule has 216 valence electrons. The van der Waals surface area contributed by atoms with E-state index >= 15 is 0 Å². The Hall–Kier alpha value is -3.16. The molecule has 0 unspecified atom stereocenters. The van der Waals surface area contributed by atoms with Crippen LogP contribution in [0.2, 0.25) is 0 Å². The first-order valence-corrected chi connectivity index (χ1v) is 15.0. The number of amides is 1. The SMILES string of the molecule is CC1CCC(C(=O)N(c2cc(C#CC(C)(C)C)sc2C(=O)O)[C@H]2CC[C@H](NN(C)c3ccc(=O)[nH]n3)CC2)CC1. The van der Waals surface area contributed by atoms with Crippen LogP contribution in [-0.4, -0.2) is 46.3 Å². The van der Waals surface area contributed by atoms with Crippen LogP contribution < -0.4 is 20.9 Å². The largest absolute Gasteiger partial charge is 0.477 e. The van der Waals surface area contributed by atoms with Crippen molar-refractivity contribution < 1.29 is 14.7 Å².